The quantitative estimate of drug-likeness (QED) is 0.458. The lowest BCUT2D eigenvalue weighted by atomic mass is 10.1. The number of hydrogen-bond acceptors (Lipinski definition) is 5. The first kappa shape index (κ1) is 14.1. The van der Waals surface area contributed by atoms with E-state index in [0.29, 0.717) is 12.2 Å². The highest BCUT2D eigenvalue weighted by atomic mass is 16.5. The van der Waals surface area contributed by atoms with Crippen molar-refractivity contribution in [3.8, 4) is 5.75 Å². The zero-order valence-electron chi connectivity index (χ0n) is 9.83. The van der Waals surface area contributed by atoms with Crippen molar-refractivity contribution in [2.24, 2.45) is 11.5 Å². The van der Waals surface area contributed by atoms with Gasteiger partial charge < -0.3 is 21.3 Å². The van der Waals surface area contributed by atoms with E-state index in [4.69, 9.17) is 21.3 Å². The minimum absolute atomic E-state index is 0.0582. The lowest BCUT2D eigenvalue weighted by Gasteiger charge is -2.09. The molecule has 18 heavy (non-hydrogen) atoms. The zero-order chi connectivity index (χ0) is 13.5. The summed E-state index contributed by atoms with van der Waals surface area (Å²) in [6.45, 7) is 0.0582. The van der Waals surface area contributed by atoms with Gasteiger partial charge in [0.25, 0.3) is 0 Å². The molecule has 6 nitrogen and oxygen atoms in total. The average molecular weight is 252 g/mol. The van der Waals surface area contributed by atoms with Crippen molar-refractivity contribution in [1.82, 2.24) is 0 Å². The minimum atomic E-state index is -1.06. The number of primary amides is 1. The Kier molecular flexibility index (Phi) is 5.29. The van der Waals surface area contributed by atoms with Gasteiger partial charge >= 0.3 is 5.97 Å². The van der Waals surface area contributed by atoms with E-state index in [0.717, 1.165) is 5.56 Å². The van der Waals surface area contributed by atoms with Crippen LogP contribution < -0.4 is 16.2 Å². The summed E-state index contributed by atoms with van der Waals surface area (Å²) in [4.78, 5) is 22.1. The van der Waals surface area contributed by atoms with Gasteiger partial charge in [0.15, 0.2) is 0 Å². The molecular formula is C12H16N2O4. The summed E-state index contributed by atoms with van der Waals surface area (Å²) in [6.07, 6.45) is 0.289. The standard InChI is InChI=1S/C12H16N2O4/c13-10(7-11(14)16)12(17)18-9-3-1-8(2-4-9)5-6-15/h1-4,10,15H,5-7,13H2,(H2,14,16)/t10-/m0/s1. The maximum Gasteiger partial charge on any atom is 0.328 e. The van der Waals surface area contributed by atoms with E-state index >= 15 is 0 Å². The molecule has 0 saturated heterocycles. The summed E-state index contributed by atoms with van der Waals surface area (Å²) in [5.74, 6) is -1.02. The normalized spacial score (nSPS) is 11.9. The van der Waals surface area contributed by atoms with Crippen LogP contribution in [0.4, 0.5) is 0 Å². The highest BCUT2D eigenvalue weighted by Crippen LogP contribution is 2.13. The Morgan fingerprint density at radius 1 is 1.28 bits per heavy atom. The fourth-order valence-electron chi connectivity index (χ4n) is 1.35. The summed E-state index contributed by atoms with van der Waals surface area (Å²) in [7, 11) is 0. The molecule has 1 aromatic carbocycles. The number of carbonyl (C=O) groups excluding carboxylic acids is 2. The Morgan fingerprint density at radius 2 is 1.89 bits per heavy atom. The van der Waals surface area contributed by atoms with Gasteiger partial charge in [-0.2, -0.15) is 0 Å². The second-order valence-electron chi connectivity index (χ2n) is 3.82. The Labute approximate surface area is 105 Å². The lowest BCUT2D eigenvalue weighted by molar-refractivity contribution is -0.137. The molecule has 6 heteroatoms. The van der Waals surface area contributed by atoms with Crippen molar-refractivity contribution in [3.05, 3.63) is 29.8 Å². The number of aliphatic hydroxyl groups excluding tert-OH is 1. The summed E-state index contributed by atoms with van der Waals surface area (Å²) < 4.78 is 4.98. The Bertz CT molecular complexity index is 417. The van der Waals surface area contributed by atoms with E-state index < -0.39 is 17.9 Å². The molecule has 1 rings (SSSR count). The van der Waals surface area contributed by atoms with Crippen molar-refractivity contribution in [1.29, 1.82) is 0 Å². The van der Waals surface area contributed by atoms with Gasteiger partial charge in [0, 0.05) is 6.61 Å². The van der Waals surface area contributed by atoms with E-state index in [2.05, 4.69) is 0 Å². The Balaban J connectivity index is 2.56. The molecule has 0 radical (unpaired) electrons. The number of carbonyl (C=O) groups is 2. The molecule has 1 atom stereocenters. The first-order valence-corrected chi connectivity index (χ1v) is 5.48. The van der Waals surface area contributed by atoms with Crippen LogP contribution in [0.1, 0.15) is 12.0 Å². The van der Waals surface area contributed by atoms with Gasteiger partial charge in [-0.3, -0.25) is 4.79 Å². The van der Waals surface area contributed by atoms with E-state index in [9.17, 15) is 9.59 Å². The van der Waals surface area contributed by atoms with Crippen LogP contribution in [0.5, 0.6) is 5.75 Å². The molecule has 98 valence electrons. The fraction of sp³-hybridized carbons (Fsp3) is 0.333. The van der Waals surface area contributed by atoms with Crippen LogP contribution in [0.3, 0.4) is 0 Å². The Morgan fingerprint density at radius 3 is 2.39 bits per heavy atom. The molecule has 0 saturated carbocycles. The number of esters is 1. The SMILES string of the molecule is NC(=O)C[C@H](N)C(=O)Oc1ccc(CCO)cc1. The van der Waals surface area contributed by atoms with Gasteiger partial charge in [0.2, 0.25) is 5.91 Å². The molecule has 0 aromatic heterocycles. The van der Waals surface area contributed by atoms with E-state index in [-0.39, 0.29) is 13.0 Å². The number of nitrogens with two attached hydrogens (primary N) is 2. The highest BCUT2D eigenvalue weighted by molar-refractivity contribution is 5.85. The molecule has 0 bridgehead atoms. The van der Waals surface area contributed by atoms with Crippen LogP contribution in [0.25, 0.3) is 0 Å². The molecular weight excluding hydrogens is 236 g/mol. The number of benzene rings is 1. The van der Waals surface area contributed by atoms with Crippen molar-refractivity contribution >= 4 is 11.9 Å². The summed E-state index contributed by atoms with van der Waals surface area (Å²) in [5, 5.41) is 8.75. The third-order valence-electron chi connectivity index (χ3n) is 2.27. The first-order valence-electron chi connectivity index (χ1n) is 5.48. The molecule has 0 heterocycles. The van der Waals surface area contributed by atoms with Crippen molar-refractivity contribution in [3.63, 3.8) is 0 Å². The van der Waals surface area contributed by atoms with Crippen molar-refractivity contribution in [2.75, 3.05) is 6.61 Å². The number of hydrogen-bond donors (Lipinski definition) is 3. The average Bonchev–Trinajstić information content (AvgIpc) is 2.31. The monoisotopic (exact) mass is 252 g/mol. The van der Waals surface area contributed by atoms with Gasteiger partial charge in [-0.25, -0.2) is 4.79 Å². The van der Waals surface area contributed by atoms with E-state index in [1.807, 2.05) is 0 Å². The van der Waals surface area contributed by atoms with Crippen molar-refractivity contribution < 1.29 is 19.4 Å². The number of rotatable bonds is 6. The van der Waals surface area contributed by atoms with E-state index in [1.54, 1.807) is 24.3 Å². The molecule has 0 aliphatic carbocycles. The predicted molar refractivity (Wildman–Crippen MR) is 64.7 cm³/mol. The molecule has 0 spiro atoms. The molecule has 0 unspecified atom stereocenters. The largest absolute Gasteiger partial charge is 0.425 e. The predicted octanol–water partition coefficient (Wildman–Crippen LogP) is -0.670. The third kappa shape index (κ3) is 4.52. The lowest BCUT2D eigenvalue weighted by Crippen LogP contribution is -2.37. The zero-order valence-corrected chi connectivity index (χ0v) is 9.83. The molecule has 0 fully saturated rings. The smallest absolute Gasteiger partial charge is 0.328 e. The fourth-order valence-corrected chi connectivity index (χ4v) is 1.35. The van der Waals surface area contributed by atoms with Gasteiger partial charge in [-0.1, -0.05) is 12.1 Å². The van der Waals surface area contributed by atoms with Crippen LogP contribution in [0.2, 0.25) is 0 Å². The van der Waals surface area contributed by atoms with Gasteiger partial charge in [0.05, 0.1) is 6.42 Å². The molecule has 1 aromatic rings. The van der Waals surface area contributed by atoms with Gasteiger partial charge in [-0.05, 0) is 24.1 Å². The second kappa shape index (κ2) is 6.73. The molecule has 5 N–H and O–H groups in total. The van der Waals surface area contributed by atoms with Crippen LogP contribution in [0.15, 0.2) is 24.3 Å². The van der Waals surface area contributed by atoms with Crippen LogP contribution in [0, 0.1) is 0 Å². The summed E-state index contributed by atoms with van der Waals surface area (Å²) in [5.41, 5.74) is 11.3. The number of ether oxygens (including phenoxy) is 1. The maximum absolute atomic E-state index is 11.5. The van der Waals surface area contributed by atoms with Gasteiger partial charge in [0.1, 0.15) is 11.8 Å². The first-order chi connectivity index (χ1) is 8.52. The topological polar surface area (TPSA) is 116 Å². The second-order valence-corrected chi connectivity index (χ2v) is 3.82. The number of amides is 1. The van der Waals surface area contributed by atoms with Crippen molar-refractivity contribution in [2.45, 2.75) is 18.9 Å². The van der Waals surface area contributed by atoms with Crippen LogP contribution >= 0.6 is 0 Å². The van der Waals surface area contributed by atoms with Gasteiger partial charge in [-0.15, -0.1) is 0 Å². The van der Waals surface area contributed by atoms with E-state index in [1.165, 1.54) is 0 Å². The maximum atomic E-state index is 11.5. The number of aliphatic hydroxyl groups is 1. The molecule has 1 amide bonds. The molecule has 0 aliphatic heterocycles. The molecule has 0 aliphatic rings. The summed E-state index contributed by atoms with van der Waals surface area (Å²) in [6, 6.07) is 5.61. The third-order valence-corrected chi connectivity index (χ3v) is 2.27. The van der Waals surface area contributed by atoms with Crippen LogP contribution in [-0.4, -0.2) is 29.6 Å². The Hall–Kier alpha value is -1.92. The van der Waals surface area contributed by atoms with Crippen LogP contribution in [-0.2, 0) is 16.0 Å². The summed E-state index contributed by atoms with van der Waals surface area (Å²) >= 11 is 0. The minimum Gasteiger partial charge on any atom is -0.425 e. The highest BCUT2D eigenvalue weighted by Gasteiger charge is 2.18.